The van der Waals surface area contributed by atoms with Gasteiger partial charge in [0.25, 0.3) is 11.5 Å². The van der Waals surface area contributed by atoms with Crippen LogP contribution in [0.3, 0.4) is 0 Å². The minimum atomic E-state index is -0.284. The molecule has 2 aromatic heterocycles. The normalized spacial score (nSPS) is 13.8. The van der Waals surface area contributed by atoms with Gasteiger partial charge in [-0.1, -0.05) is 6.07 Å². The third-order valence-electron chi connectivity index (χ3n) is 5.83. The fourth-order valence-corrected chi connectivity index (χ4v) is 4.19. The Balaban J connectivity index is 1.49. The lowest BCUT2D eigenvalue weighted by atomic mass is 10.0. The summed E-state index contributed by atoms with van der Waals surface area (Å²) < 4.78 is 13.7. The Bertz CT molecular complexity index is 1420. The van der Waals surface area contributed by atoms with E-state index in [0.717, 1.165) is 22.2 Å². The molecule has 162 valence electrons. The molecular formula is C24H22FN5O2. The Morgan fingerprint density at radius 2 is 2.03 bits per heavy atom. The van der Waals surface area contributed by atoms with E-state index in [2.05, 4.69) is 25.6 Å². The van der Waals surface area contributed by atoms with Crippen LogP contribution in [0.5, 0.6) is 0 Å². The first-order valence-corrected chi connectivity index (χ1v) is 10.4. The van der Waals surface area contributed by atoms with Crippen molar-refractivity contribution in [1.29, 1.82) is 0 Å². The average Bonchev–Trinajstić information content (AvgIpc) is 3.32. The minimum absolute atomic E-state index is 0.0621. The van der Waals surface area contributed by atoms with Gasteiger partial charge < -0.3 is 20.6 Å². The summed E-state index contributed by atoms with van der Waals surface area (Å²) in [4.78, 5) is 35.2. The molecule has 0 unspecified atom stereocenters. The summed E-state index contributed by atoms with van der Waals surface area (Å²) in [5.74, 6) is 0.0351. The molecule has 1 atom stereocenters. The van der Waals surface area contributed by atoms with E-state index in [9.17, 15) is 14.0 Å². The number of aromatic nitrogens is 3. The highest BCUT2D eigenvalue weighted by molar-refractivity contribution is 6.01. The predicted molar refractivity (Wildman–Crippen MR) is 121 cm³/mol. The summed E-state index contributed by atoms with van der Waals surface area (Å²) in [6.07, 6.45) is 2.17. The number of fused-ring (bicyclic) bond motifs is 2. The van der Waals surface area contributed by atoms with Crippen LogP contribution in [0.1, 0.15) is 34.0 Å². The van der Waals surface area contributed by atoms with Crippen LogP contribution in [0.25, 0.3) is 22.4 Å². The molecule has 0 radical (unpaired) electrons. The molecule has 32 heavy (non-hydrogen) atoms. The van der Waals surface area contributed by atoms with Gasteiger partial charge in [-0.2, -0.15) is 0 Å². The highest BCUT2D eigenvalue weighted by Gasteiger charge is 2.22. The fourth-order valence-electron chi connectivity index (χ4n) is 4.19. The standard InChI is InChI=1S/C24H22FN5O2/c1-12-3-4-16(25)8-14(12)7-13(2)28-18-5-6-26-24(32)21(18)22-29-19-9-15-11-27-23(31)17(15)10-20(19)30-22/h3-6,8-10,13H,7,11H2,1-2H3,(H,27,31)(H,29,30)(H2,26,28,32)/t13-/m0/s1. The molecule has 0 fully saturated rings. The van der Waals surface area contributed by atoms with E-state index in [1.54, 1.807) is 30.5 Å². The Kier molecular flexibility index (Phi) is 4.77. The first-order valence-electron chi connectivity index (χ1n) is 10.4. The number of nitrogens with one attached hydrogen (secondary N) is 4. The Hall–Kier alpha value is -3.94. The van der Waals surface area contributed by atoms with Gasteiger partial charge in [-0.05, 0) is 67.3 Å². The molecule has 0 bridgehead atoms. The third kappa shape index (κ3) is 3.53. The Labute approximate surface area is 183 Å². The maximum Gasteiger partial charge on any atom is 0.261 e. The number of anilines is 1. The number of benzene rings is 2. The topological polar surface area (TPSA) is 103 Å². The number of H-pyrrole nitrogens is 2. The van der Waals surface area contributed by atoms with E-state index in [1.807, 2.05) is 19.9 Å². The average molecular weight is 431 g/mol. The van der Waals surface area contributed by atoms with Crippen molar-refractivity contribution >= 4 is 22.6 Å². The van der Waals surface area contributed by atoms with Crippen LogP contribution in [0.2, 0.25) is 0 Å². The molecular weight excluding hydrogens is 409 g/mol. The number of hydrogen-bond acceptors (Lipinski definition) is 4. The summed E-state index contributed by atoms with van der Waals surface area (Å²) in [7, 11) is 0. The van der Waals surface area contributed by atoms with Gasteiger partial charge >= 0.3 is 0 Å². The Morgan fingerprint density at radius 3 is 2.88 bits per heavy atom. The molecule has 3 heterocycles. The van der Waals surface area contributed by atoms with Crippen LogP contribution in [-0.4, -0.2) is 26.9 Å². The second kappa shape index (κ2) is 7.64. The SMILES string of the molecule is Cc1ccc(F)cc1C[C@H](C)Nc1cc[nH]c(=O)c1-c1nc2cc3c(cc2[nH]1)CNC3=O. The molecule has 1 amide bonds. The number of pyridine rings is 1. The van der Waals surface area contributed by atoms with Gasteiger partial charge in [-0.15, -0.1) is 0 Å². The summed E-state index contributed by atoms with van der Waals surface area (Å²) in [6, 6.07) is 10.1. The number of aromatic amines is 2. The van der Waals surface area contributed by atoms with E-state index in [-0.39, 0.29) is 23.3 Å². The van der Waals surface area contributed by atoms with Crippen molar-refractivity contribution in [2.24, 2.45) is 0 Å². The van der Waals surface area contributed by atoms with Crippen molar-refractivity contribution in [2.75, 3.05) is 5.32 Å². The second-order valence-electron chi connectivity index (χ2n) is 8.21. The van der Waals surface area contributed by atoms with Crippen LogP contribution < -0.4 is 16.2 Å². The predicted octanol–water partition coefficient (Wildman–Crippen LogP) is 3.65. The molecule has 0 saturated carbocycles. The minimum Gasteiger partial charge on any atom is -0.381 e. The summed E-state index contributed by atoms with van der Waals surface area (Å²) >= 11 is 0. The molecule has 7 nitrogen and oxygen atoms in total. The molecule has 0 spiro atoms. The zero-order valence-corrected chi connectivity index (χ0v) is 17.7. The van der Waals surface area contributed by atoms with Crippen molar-refractivity contribution < 1.29 is 9.18 Å². The highest BCUT2D eigenvalue weighted by atomic mass is 19.1. The lowest BCUT2D eigenvalue weighted by Crippen LogP contribution is -2.22. The van der Waals surface area contributed by atoms with Crippen molar-refractivity contribution in [3.8, 4) is 11.4 Å². The largest absolute Gasteiger partial charge is 0.381 e. The van der Waals surface area contributed by atoms with Crippen molar-refractivity contribution in [1.82, 2.24) is 20.3 Å². The molecule has 2 aromatic carbocycles. The molecule has 1 aliphatic rings. The molecule has 4 N–H and O–H groups in total. The number of aryl methyl sites for hydroxylation is 1. The summed E-state index contributed by atoms with van der Waals surface area (Å²) in [6.45, 7) is 4.41. The van der Waals surface area contributed by atoms with Crippen molar-refractivity contribution in [3.05, 3.63) is 81.0 Å². The number of rotatable bonds is 5. The van der Waals surface area contributed by atoms with E-state index >= 15 is 0 Å². The van der Waals surface area contributed by atoms with E-state index in [0.29, 0.717) is 41.1 Å². The maximum atomic E-state index is 13.7. The zero-order chi connectivity index (χ0) is 22.4. The molecule has 8 heteroatoms. The van der Waals surface area contributed by atoms with E-state index < -0.39 is 0 Å². The maximum absolute atomic E-state index is 13.7. The number of amides is 1. The number of halogens is 1. The van der Waals surface area contributed by atoms with Gasteiger partial charge in [0.1, 0.15) is 17.2 Å². The van der Waals surface area contributed by atoms with Crippen LogP contribution in [-0.2, 0) is 13.0 Å². The van der Waals surface area contributed by atoms with E-state index in [1.165, 1.54) is 6.07 Å². The second-order valence-corrected chi connectivity index (χ2v) is 8.21. The highest BCUT2D eigenvalue weighted by Crippen LogP contribution is 2.28. The first-order chi connectivity index (χ1) is 15.4. The Morgan fingerprint density at radius 1 is 1.19 bits per heavy atom. The van der Waals surface area contributed by atoms with Gasteiger partial charge in [-0.25, -0.2) is 9.37 Å². The van der Waals surface area contributed by atoms with Crippen molar-refractivity contribution in [3.63, 3.8) is 0 Å². The van der Waals surface area contributed by atoms with Crippen molar-refractivity contribution in [2.45, 2.75) is 32.9 Å². The lowest BCUT2D eigenvalue weighted by molar-refractivity contribution is 0.0966. The molecule has 1 aliphatic heterocycles. The molecule has 0 saturated heterocycles. The summed E-state index contributed by atoms with van der Waals surface area (Å²) in [5, 5.41) is 6.17. The monoisotopic (exact) mass is 431 g/mol. The van der Waals surface area contributed by atoms with Crippen LogP contribution in [0.4, 0.5) is 10.1 Å². The zero-order valence-electron chi connectivity index (χ0n) is 17.7. The third-order valence-corrected chi connectivity index (χ3v) is 5.83. The van der Waals surface area contributed by atoms with Gasteiger partial charge in [0.2, 0.25) is 0 Å². The van der Waals surface area contributed by atoms with Crippen LogP contribution in [0, 0.1) is 12.7 Å². The fraction of sp³-hybridized carbons (Fsp3) is 0.208. The van der Waals surface area contributed by atoms with Gasteiger partial charge in [-0.3, -0.25) is 9.59 Å². The van der Waals surface area contributed by atoms with Crippen LogP contribution in [0.15, 0.2) is 47.4 Å². The van der Waals surface area contributed by atoms with Crippen LogP contribution >= 0.6 is 0 Å². The number of imidazole rings is 1. The number of carbonyl (C=O) groups is 1. The molecule has 5 rings (SSSR count). The quantitative estimate of drug-likeness (QED) is 0.387. The lowest BCUT2D eigenvalue weighted by Gasteiger charge is -2.18. The molecule has 0 aliphatic carbocycles. The number of carbonyl (C=O) groups excluding carboxylic acids is 1. The smallest absolute Gasteiger partial charge is 0.261 e. The molecule has 4 aromatic rings. The van der Waals surface area contributed by atoms with Gasteiger partial charge in [0, 0.05) is 24.3 Å². The van der Waals surface area contributed by atoms with Gasteiger partial charge in [0.15, 0.2) is 0 Å². The van der Waals surface area contributed by atoms with E-state index in [4.69, 9.17) is 0 Å². The number of nitrogens with zero attached hydrogens (tertiary/aromatic N) is 1. The number of hydrogen-bond donors (Lipinski definition) is 4. The summed E-state index contributed by atoms with van der Waals surface area (Å²) in [5.41, 5.74) is 5.53. The van der Waals surface area contributed by atoms with Gasteiger partial charge in [0.05, 0.1) is 16.7 Å². The first kappa shape index (κ1) is 20.0.